The van der Waals surface area contributed by atoms with Crippen molar-refractivity contribution in [1.29, 1.82) is 0 Å². The van der Waals surface area contributed by atoms with E-state index in [-0.39, 0.29) is 107 Å². The molecule has 0 amide bonds. The summed E-state index contributed by atoms with van der Waals surface area (Å²) in [6, 6.07) is 13.7. The average molecular weight is 929 g/mol. The van der Waals surface area contributed by atoms with Gasteiger partial charge in [-0.1, -0.05) is 48.0 Å². The second-order valence-electron chi connectivity index (χ2n) is 21.4. The van der Waals surface area contributed by atoms with Gasteiger partial charge >= 0.3 is 29.8 Å². The predicted octanol–water partition coefficient (Wildman–Crippen LogP) is 10.7. The van der Waals surface area contributed by atoms with Crippen LogP contribution < -0.4 is 0 Å². The van der Waals surface area contributed by atoms with E-state index in [1.165, 1.54) is 48.5 Å². The lowest BCUT2D eigenvalue weighted by Crippen LogP contribution is -2.53. The van der Waals surface area contributed by atoms with Crippen molar-refractivity contribution in [2.45, 2.75) is 95.3 Å². The molecule has 10 heteroatoms. The van der Waals surface area contributed by atoms with E-state index in [4.69, 9.17) is 23.7 Å². The number of carbonyl (C=O) groups excluding carboxylic acids is 5. The van der Waals surface area contributed by atoms with E-state index in [1.54, 1.807) is 0 Å². The van der Waals surface area contributed by atoms with E-state index >= 15 is 4.79 Å². The first-order chi connectivity index (χ1) is 34.1. The van der Waals surface area contributed by atoms with Gasteiger partial charge < -0.3 is 23.7 Å². The Morgan fingerprint density at radius 2 is 1.00 bits per heavy atom. The van der Waals surface area contributed by atoms with Crippen LogP contribution in [0.1, 0.15) is 112 Å². The van der Waals surface area contributed by atoms with E-state index in [0.29, 0.717) is 6.42 Å². The van der Waals surface area contributed by atoms with Gasteiger partial charge in [0.1, 0.15) is 0 Å². The summed E-state index contributed by atoms with van der Waals surface area (Å²) in [7, 11) is 0. The lowest BCUT2D eigenvalue weighted by Gasteiger charge is -2.56. The molecule has 6 unspecified atom stereocenters. The molecule has 0 aliphatic heterocycles. The summed E-state index contributed by atoms with van der Waals surface area (Å²) >= 11 is 0. The van der Waals surface area contributed by atoms with Crippen LogP contribution in [0.15, 0.2) is 64.8 Å². The van der Waals surface area contributed by atoms with Crippen molar-refractivity contribution < 1.29 is 47.7 Å². The lowest BCUT2D eigenvalue weighted by molar-refractivity contribution is -0.147. The van der Waals surface area contributed by atoms with Gasteiger partial charge in [-0.05, 0) is 184 Å². The Hall–Kier alpha value is -6.81. The molecular formula is C60H48O10. The highest BCUT2D eigenvalue weighted by Gasteiger charge is 2.75. The van der Waals surface area contributed by atoms with Gasteiger partial charge in [-0.15, -0.1) is 0 Å². The average Bonchev–Trinajstić information content (AvgIpc) is 4.14. The molecule has 1 fully saturated rings. The molecule has 0 N–H and O–H groups in total. The van der Waals surface area contributed by atoms with Crippen molar-refractivity contribution >= 4 is 111 Å². The van der Waals surface area contributed by atoms with Gasteiger partial charge in [0.25, 0.3) is 0 Å². The first-order valence-electron chi connectivity index (χ1n) is 25.6. The van der Waals surface area contributed by atoms with E-state index in [1.807, 2.05) is 34.6 Å². The minimum atomic E-state index is -1.12. The lowest BCUT2D eigenvalue weighted by atomic mass is 9.45. The number of rotatable bonds is 15. The highest BCUT2D eigenvalue weighted by Crippen LogP contribution is 2.84. The van der Waals surface area contributed by atoms with Crippen molar-refractivity contribution in [2.75, 3.05) is 33.0 Å². The van der Waals surface area contributed by atoms with E-state index < -0.39 is 28.1 Å². The number of hydrogen-bond acceptors (Lipinski definition) is 10. The molecule has 0 aromatic heterocycles. The minimum absolute atomic E-state index is 0.00104. The van der Waals surface area contributed by atoms with Gasteiger partial charge in [0, 0.05) is 23.7 Å². The van der Waals surface area contributed by atoms with Gasteiger partial charge in [0.2, 0.25) is 0 Å². The third kappa shape index (κ3) is 3.84. The Morgan fingerprint density at radius 1 is 0.500 bits per heavy atom. The molecular weight excluding hydrogens is 881 g/mol. The summed E-state index contributed by atoms with van der Waals surface area (Å²) in [6.07, 6.45) is 2.99. The van der Waals surface area contributed by atoms with Crippen LogP contribution in [0.2, 0.25) is 0 Å². The Labute approximate surface area is 401 Å². The van der Waals surface area contributed by atoms with Crippen LogP contribution in [0.4, 0.5) is 0 Å². The molecule has 0 radical (unpaired) electrons. The zero-order valence-corrected chi connectivity index (χ0v) is 39.7. The number of benzene rings is 6. The third-order valence-corrected chi connectivity index (χ3v) is 19.1. The summed E-state index contributed by atoms with van der Waals surface area (Å²) in [4.78, 5) is 73.7. The summed E-state index contributed by atoms with van der Waals surface area (Å²) in [5.74, 6) is -3.21. The molecule has 348 valence electrons. The van der Waals surface area contributed by atoms with Crippen molar-refractivity contribution in [3.05, 3.63) is 98.1 Å². The molecule has 8 aliphatic rings. The van der Waals surface area contributed by atoms with E-state index in [2.05, 4.69) is 42.5 Å². The van der Waals surface area contributed by atoms with Gasteiger partial charge in [-0.3, -0.25) is 24.0 Å². The highest BCUT2D eigenvalue weighted by molar-refractivity contribution is 6.54. The molecule has 8 aliphatic carbocycles. The van der Waals surface area contributed by atoms with Crippen LogP contribution in [0.5, 0.6) is 0 Å². The van der Waals surface area contributed by atoms with Gasteiger partial charge in [0.05, 0.1) is 69.5 Å². The van der Waals surface area contributed by atoms with Crippen LogP contribution in [0.3, 0.4) is 0 Å². The van der Waals surface area contributed by atoms with Crippen LogP contribution in [0.25, 0.3) is 81.0 Å². The van der Waals surface area contributed by atoms with Crippen molar-refractivity contribution in [3.63, 3.8) is 0 Å². The fourth-order valence-corrected chi connectivity index (χ4v) is 18.0. The quantitative estimate of drug-likeness (QED) is 0.0556. The second-order valence-corrected chi connectivity index (χ2v) is 21.4. The summed E-state index contributed by atoms with van der Waals surface area (Å²) in [5, 5.41) is 16.5. The highest BCUT2D eigenvalue weighted by atomic mass is 16.5. The number of esters is 5. The Bertz CT molecular complexity index is 4000. The number of hydrogen-bond donors (Lipinski definition) is 0. The summed E-state index contributed by atoms with van der Waals surface area (Å²) in [5.41, 5.74) is 8.25. The number of allylic oxidation sites excluding steroid dienone is 6. The Morgan fingerprint density at radius 3 is 1.63 bits per heavy atom. The first kappa shape index (κ1) is 40.0. The monoisotopic (exact) mass is 928 g/mol. The van der Waals surface area contributed by atoms with Crippen LogP contribution in [0, 0.1) is 17.8 Å². The van der Waals surface area contributed by atoms with Gasteiger partial charge in [-0.2, -0.15) is 0 Å². The largest absolute Gasteiger partial charge is 0.466 e. The Balaban J connectivity index is 1.21. The predicted molar refractivity (Wildman–Crippen MR) is 264 cm³/mol. The van der Waals surface area contributed by atoms with Gasteiger partial charge in [-0.25, -0.2) is 0 Å². The van der Waals surface area contributed by atoms with Crippen LogP contribution in [-0.2, 0) is 63.9 Å². The van der Waals surface area contributed by atoms with Crippen molar-refractivity contribution in [1.82, 2.24) is 0 Å². The first-order valence-corrected chi connectivity index (χ1v) is 25.6. The fourth-order valence-electron chi connectivity index (χ4n) is 18.0. The molecule has 0 saturated heterocycles. The molecule has 7 atom stereocenters. The standard InChI is InChI=1S/C60H48O10/c1-6-66-34(61)19-24-17-32-30-15-13-28-26-11-12-27-29-14-16-31-33-18-25(20-35(62)67-7-2)40-39(24)51-57-52(40)59(33,22-37(64)69-9-4)54-46(31)44(29)48-42(27)41(26)47-43(28)45(30)53(58(32,51)21-36(63)68-8-3)55-49(47)50(48)56(54)60(55,57)23-38(65)70-10-5/h11-17,24-25,33,40H,6-10,18-23H2,1-5H3/t24?,25?,33?,40?,58?,59?,60-/m0/s1. The molecule has 0 bridgehead atoms. The normalized spacial score (nSPS) is 27.3. The molecule has 70 heavy (non-hydrogen) atoms. The van der Waals surface area contributed by atoms with Crippen molar-refractivity contribution in [2.24, 2.45) is 17.8 Å². The third-order valence-electron chi connectivity index (χ3n) is 19.1. The topological polar surface area (TPSA) is 132 Å². The molecule has 8 aromatic rings. The maximum absolute atomic E-state index is 15.2. The van der Waals surface area contributed by atoms with E-state index in [0.717, 1.165) is 88.2 Å². The van der Waals surface area contributed by atoms with Crippen LogP contribution in [-0.4, -0.2) is 62.9 Å². The smallest absolute Gasteiger partial charge is 0.307 e. The van der Waals surface area contributed by atoms with E-state index in [9.17, 15) is 19.2 Å². The molecule has 10 nitrogen and oxygen atoms in total. The maximum atomic E-state index is 15.2. The van der Waals surface area contributed by atoms with Gasteiger partial charge in [0.15, 0.2) is 0 Å². The number of carbonyl (C=O) groups is 5. The van der Waals surface area contributed by atoms with Crippen molar-refractivity contribution in [3.8, 4) is 0 Å². The zero-order valence-electron chi connectivity index (χ0n) is 39.7. The molecule has 0 spiro atoms. The molecule has 1 saturated carbocycles. The minimum Gasteiger partial charge on any atom is -0.466 e. The number of ether oxygens (including phenoxy) is 5. The Kier molecular flexibility index (Phi) is 7.17. The molecule has 8 aromatic carbocycles. The molecule has 0 heterocycles. The zero-order chi connectivity index (χ0) is 47.4. The second kappa shape index (κ2) is 12.6. The summed E-state index contributed by atoms with van der Waals surface area (Å²) in [6.45, 7) is 10.2. The van der Waals surface area contributed by atoms with Crippen LogP contribution >= 0.6 is 0 Å². The maximum Gasteiger partial charge on any atom is 0.307 e. The fraction of sp³-hybridized carbons (Fsp3) is 0.383. The molecule has 16 rings (SSSR count). The number of fused-ring (bicyclic) bond motifs is 5. The SMILES string of the molecule is CCOC(=O)CC1C=C2c3ccc4c5ccc6c7ccc8c9c%10c%11c%12c%13c%14c(c3c4c%13c5c6c%12c97)C2(CC(=O)OCC)C2=C1C1C(=C2[C@@]%14%11CC(=O)OCC)C%10(CC(=O)OCC)C8CC1CC(=O)OCC. The summed E-state index contributed by atoms with van der Waals surface area (Å²) < 4.78 is 30.0.